The second-order valence-corrected chi connectivity index (χ2v) is 4.49. The van der Waals surface area contributed by atoms with Gasteiger partial charge in [0.25, 0.3) is 11.8 Å². The van der Waals surface area contributed by atoms with Gasteiger partial charge in [-0.2, -0.15) is 18.3 Å². The highest BCUT2D eigenvalue weighted by Gasteiger charge is 2.42. The molecule has 10 heteroatoms. The fourth-order valence-electron chi connectivity index (χ4n) is 2.04. The van der Waals surface area contributed by atoms with Gasteiger partial charge >= 0.3 is 12.1 Å². The molecule has 2 aromatic rings. The number of amides is 2. The van der Waals surface area contributed by atoms with Crippen molar-refractivity contribution in [1.29, 1.82) is 0 Å². The van der Waals surface area contributed by atoms with E-state index < -0.39 is 35.2 Å². The van der Waals surface area contributed by atoms with E-state index in [1.54, 1.807) is 0 Å². The van der Waals surface area contributed by atoms with Crippen LogP contribution < -0.4 is 0 Å². The number of nitrogens with one attached hydrogen (secondary N) is 1. The summed E-state index contributed by atoms with van der Waals surface area (Å²) in [4.78, 5) is 40.3. The van der Waals surface area contributed by atoms with Gasteiger partial charge in [-0.15, -0.1) is 0 Å². The summed E-state index contributed by atoms with van der Waals surface area (Å²) in [5, 5.41) is 5.09. The smallest absolute Gasteiger partial charge is 0.323 e. The number of benzene rings is 1. The van der Waals surface area contributed by atoms with Crippen LogP contribution in [0, 0.1) is 0 Å². The van der Waals surface area contributed by atoms with Crippen LogP contribution in [0.1, 0.15) is 36.8 Å². The number of hydrogen-bond acceptors (Lipinski definition) is 5. The molecule has 0 aliphatic carbocycles. The molecule has 1 aromatic heterocycles. The molecule has 2 amide bonds. The van der Waals surface area contributed by atoms with Crippen molar-refractivity contribution in [1.82, 2.24) is 15.3 Å². The van der Waals surface area contributed by atoms with Crippen LogP contribution in [-0.2, 0) is 11.0 Å². The third kappa shape index (κ3) is 2.33. The van der Waals surface area contributed by atoms with Crippen molar-refractivity contribution in [3.63, 3.8) is 0 Å². The largest absolute Gasteiger partial charge is 0.420 e. The number of H-pyrrole nitrogens is 1. The average molecular weight is 325 g/mol. The molecule has 23 heavy (non-hydrogen) atoms. The molecule has 0 atom stereocenters. The van der Waals surface area contributed by atoms with Gasteiger partial charge in [-0.05, 0) is 12.1 Å². The van der Waals surface area contributed by atoms with E-state index in [4.69, 9.17) is 0 Å². The van der Waals surface area contributed by atoms with Gasteiger partial charge in [0.1, 0.15) is 5.56 Å². The van der Waals surface area contributed by atoms with E-state index in [1.807, 2.05) is 5.10 Å². The third-order valence-corrected chi connectivity index (χ3v) is 3.08. The van der Waals surface area contributed by atoms with Crippen LogP contribution >= 0.6 is 0 Å². The summed E-state index contributed by atoms with van der Waals surface area (Å²) in [7, 11) is 0. The lowest BCUT2D eigenvalue weighted by Crippen LogP contribution is -2.33. The van der Waals surface area contributed by atoms with Crippen molar-refractivity contribution in [2.24, 2.45) is 0 Å². The SMILES string of the molecule is O=C(ON1C(=O)c2ccccc2C1=O)c1[nH]ncc1C(F)(F)F. The molecular weight excluding hydrogens is 319 g/mol. The lowest BCUT2D eigenvalue weighted by atomic mass is 10.1. The number of carbonyl (C=O) groups is 3. The van der Waals surface area contributed by atoms with Crippen LogP contribution in [0.3, 0.4) is 0 Å². The molecular formula is C13H6F3N3O4. The Labute approximate surface area is 125 Å². The first-order chi connectivity index (χ1) is 10.8. The zero-order chi connectivity index (χ0) is 16.8. The molecule has 0 fully saturated rings. The van der Waals surface area contributed by atoms with E-state index in [0.29, 0.717) is 6.20 Å². The second kappa shape index (κ2) is 4.93. The first-order valence-corrected chi connectivity index (χ1v) is 6.11. The molecule has 118 valence electrons. The van der Waals surface area contributed by atoms with Crippen molar-refractivity contribution in [3.8, 4) is 0 Å². The van der Waals surface area contributed by atoms with Crippen molar-refractivity contribution in [2.45, 2.75) is 6.18 Å². The maximum absolute atomic E-state index is 12.7. The van der Waals surface area contributed by atoms with Gasteiger partial charge in [0.2, 0.25) is 0 Å². The van der Waals surface area contributed by atoms with E-state index in [-0.39, 0.29) is 16.2 Å². The van der Waals surface area contributed by atoms with Crippen molar-refractivity contribution in [3.05, 3.63) is 52.8 Å². The minimum atomic E-state index is -4.84. The Bertz CT molecular complexity index is 793. The highest BCUT2D eigenvalue weighted by molar-refractivity contribution is 6.21. The maximum Gasteiger partial charge on any atom is 0.420 e. The zero-order valence-corrected chi connectivity index (χ0v) is 11.0. The molecule has 1 aliphatic rings. The Morgan fingerprint density at radius 1 is 1.13 bits per heavy atom. The van der Waals surface area contributed by atoms with Gasteiger partial charge in [0.05, 0.1) is 17.3 Å². The highest BCUT2D eigenvalue weighted by Crippen LogP contribution is 2.31. The van der Waals surface area contributed by atoms with Crippen LogP contribution in [0.15, 0.2) is 30.5 Å². The monoisotopic (exact) mass is 325 g/mol. The van der Waals surface area contributed by atoms with E-state index in [0.717, 1.165) is 0 Å². The second-order valence-electron chi connectivity index (χ2n) is 4.49. The van der Waals surface area contributed by atoms with Crippen LogP contribution in [-0.4, -0.2) is 33.0 Å². The number of nitrogens with zero attached hydrogens (tertiary/aromatic N) is 2. The van der Waals surface area contributed by atoms with Crippen molar-refractivity contribution < 1.29 is 32.4 Å². The lowest BCUT2D eigenvalue weighted by molar-refractivity contribution is -0.138. The highest BCUT2D eigenvalue weighted by atomic mass is 19.4. The fourth-order valence-corrected chi connectivity index (χ4v) is 2.04. The predicted molar refractivity (Wildman–Crippen MR) is 65.9 cm³/mol. The lowest BCUT2D eigenvalue weighted by Gasteiger charge is -2.13. The molecule has 1 N–H and O–H groups in total. The molecule has 2 heterocycles. The minimum absolute atomic E-state index is 0.00837. The Kier molecular flexibility index (Phi) is 3.17. The zero-order valence-electron chi connectivity index (χ0n) is 11.0. The number of hydroxylamine groups is 2. The number of aromatic amines is 1. The van der Waals surface area contributed by atoms with Gasteiger partial charge in [0.15, 0.2) is 5.69 Å². The summed E-state index contributed by atoms with van der Waals surface area (Å²) >= 11 is 0. The summed E-state index contributed by atoms with van der Waals surface area (Å²) in [5.74, 6) is -3.43. The van der Waals surface area contributed by atoms with Crippen LogP contribution in [0.25, 0.3) is 0 Å². The average Bonchev–Trinajstić information content (AvgIpc) is 3.08. The summed E-state index contributed by atoms with van der Waals surface area (Å²) in [6.07, 6.45) is -4.44. The Morgan fingerprint density at radius 3 is 2.22 bits per heavy atom. The van der Waals surface area contributed by atoms with Crippen LogP contribution in [0.5, 0.6) is 0 Å². The molecule has 0 radical (unpaired) electrons. The van der Waals surface area contributed by atoms with Crippen molar-refractivity contribution >= 4 is 17.8 Å². The molecule has 0 bridgehead atoms. The first-order valence-electron chi connectivity index (χ1n) is 6.11. The molecule has 0 saturated carbocycles. The number of rotatable bonds is 2. The Morgan fingerprint density at radius 2 is 1.70 bits per heavy atom. The molecule has 0 saturated heterocycles. The number of aromatic nitrogens is 2. The number of carbonyl (C=O) groups excluding carboxylic acids is 3. The number of halogens is 3. The summed E-state index contributed by atoms with van der Waals surface area (Å²) in [5.41, 5.74) is -2.38. The topological polar surface area (TPSA) is 92.4 Å². The fraction of sp³-hybridized carbons (Fsp3) is 0.0769. The maximum atomic E-state index is 12.7. The van der Waals surface area contributed by atoms with Gasteiger partial charge in [-0.3, -0.25) is 14.7 Å². The first kappa shape index (κ1) is 14.8. The summed E-state index contributed by atoms with van der Waals surface area (Å²) < 4.78 is 38.1. The Balaban J connectivity index is 1.87. The third-order valence-electron chi connectivity index (χ3n) is 3.08. The normalized spacial score (nSPS) is 14.1. The molecule has 7 nitrogen and oxygen atoms in total. The van der Waals surface area contributed by atoms with Crippen LogP contribution in [0.2, 0.25) is 0 Å². The predicted octanol–water partition coefficient (Wildman–Crippen LogP) is 1.80. The summed E-state index contributed by atoms with van der Waals surface area (Å²) in [6, 6.07) is 5.65. The van der Waals surface area contributed by atoms with Gasteiger partial charge in [0, 0.05) is 0 Å². The number of imide groups is 1. The number of alkyl halides is 3. The van der Waals surface area contributed by atoms with Gasteiger partial charge < -0.3 is 4.84 Å². The van der Waals surface area contributed by atoms with Crippen LogP contribution in [0.4, 0.5) is 13.2 Å². The number of hydrogen-bond donors (Lipinski definition) is 1. The molecule has 0 unspecified atom stereocenters. The van der Waals surface area contributed by atoms with E-state index >= 15 is 0 Å². The molecule has 1 aromatic carbocycles. The molecule has 0 spiro atoms. The standard InChI is InChI=1S/C13H6F3N3O4/c14-13(15,16)8-5-17-18-9(8)12(22)23-19-10(20)6-3-1-2-4-7(6)11(19)21/h1-5H,(H,17,18). The van der Waals surface area contributed by atoms with E-state index in [2.05, 4.69) is 9.94 Å². The Hall–Kier alpha value is -3.17. The number of fused-ring (bicyclic) bond motifs is 1. The van der Waals surface area contributed by atoms with Gasteiger partial charge in [-0.25, -0.2) is 4.79 Å². The molecule has 3 rings (SSSR count). The van der Waals surface area contributed by atoms with E-state index in [1.165, 1.54) is 24.3 Å². The van der Waals surface area contributed by atoms with Gasteiger partial charge in [-0.1, -0.05) is 17.2 Å². The summed E-state index contributed by atoms with van der Waals surface area (Å²) in [6.45, 7) is 0. The minimum Gasteiger partial charge on any atom is -0.323 e. The molecule has 1 aliphatic heterocycles. The van der Waals surface area contributed by atoms with Crippen molar-refractivity contribution in [2.75, 3.05) is 0 Å². The quantitative estimate of drug-likeness (QED) is 0.850. The van der Waals surface area contributed by atoms with E-state index in [9.17, 15) is 27.6 Å².